The molecule has 3 nitrogen and oxygen atoms in total. The van der Waals surface area contributed by atoms with Gasteiger partial charge in [0.2, 0.25) is 0 Å². The monoisotopic (exact) mass is 386 g/mol. The highest BCUT2D eigenvalue weighted by Gasteiger charge is 2.11. The zero-order valence-electron chi connectivity index (χ0n) is 9.58. The van der Waals surface area contributed by atoms with E-state index in [9.17, 15) is 9.18 Å². The van der Waals surface area contributed by atoms with Gasteiger partial charge in [0.05, 0.1) is 5.56 Å². The molecule has 19 heavy (non-hydrogen) atoms. The van der Waals surface area contributed by atoms with E-state index in [1.54, 1.807) is 18.2 Å². The average molecular weight is 388 g/mol. The summed E-state index contributed by atoms with van der Waals surface area (Å²) in [5.41, 5.74) is 7.20. The third-order valence-electron chi connectivity index (χ3n) is 2.43. The van der Waals surface area contributed by atoms with E-state index in [0.29, 0.717) is 25.9 Å². The molecule has 0 unspecified atom stereocenters. The topological polar surface area (TPSA) is 55.1 Å². The highest BCUT2D eigenvalue weighted by Crippen LogP contribution is 2.24. The summed E-state index contributed by atoms with van der Waals surface area (Å²) in [5.74, 6) is -0.734. The summed E-state index contributed by atoms with van der Waals surface area (Å²) >= 11 is 6.44. The summed E-state index contributed by atoms with van der Waals surface area (Å²) in [6.45, 7) is 0. The molecule has 2 aromatic rings. The molecule has 1 amide bonds. The summed E-state index contributed by atoms with van der Waals surface area (Å²) < 4.78 is 14.1. The van der Waals surface area contributed by atoms with Crippen LogP contribution in [0.3, 0.4) is 0 Å². The van der Waals surface area contributed by atoms with Crippen molar-refractivity contribution in [3.63, 3.8) is 0 Å². The molecule has 2 rings (SSSR count). The lowest BCUT2D eigenvalue weighted by molar-refractivity contribution is 0.102. The molecule has 0 atom stereocenters. The molecule has 2 aromatic carbocycles. The predicted octanol–water partition coefficient (Wildman–Crippen LogP) is 4.19. The first kappa shape index (κ1) is 14.0. The highest BCUT2D eigenvalue weighted by atomic mass is 79.9. The van der Waals surface area contributed by atoms with Crippen LogP contribution in [0.25, 0.3) is 0 Å². The van der Waals surface area contributed by atoms with Gasteiger partial charge < -0.3 is 11.1 Å². The standard InChI is InChI=1S/C13H9Br2FN2O/c14-10-5-7(16)1-3-9(10)13(19)18-8-2-4-12(17)11(15)6-8/h1-6H,17H2,(H,18,19). The second kappa shape index (κ2) is 5.71. The minimum absolute atomic E-state index is 0.330. The minimum Gasteiger partial charge on any atom is -0.398 e. The number of hydrogen-bond donors (Lipinski definition) is 2. The van der Waals surface area contributed by atoms with Crippen molar-refractivity contribution in [2.75, 3.05) is 11.1 Å². The number of halogens is 3. The Labute approximate surface area is 126 Å². The van der Waals surface area contributed by atoms with Gasteiger partial charge >= 0.3 is 0 Å². The molecule has 98 valence electrons. The lowest BCUT2D eigenvalue weighted by Crippen LogP contribution is -2.12. The van der Waals surface area contributed by atoms with E-state index in [2.05, 4.69) is 37.2 Å². The van der Waals surface area contributed by atoms with Crippen LogP contribution >= 0.6 is 31.9 Å². The van der Waals surface area contributed by atoms with Crippen molar-refractivity contribution < 1.29 is 9.18 Å². The molecule has 3 N–H and O–H groups in total. The van der Waals surface area contributed by atoms with Crippen LogP contribution < -0.4 is 11.1 Å². The fraction of sp³-hybridized carbons (Fsp3) is 0. The zero-order chi connectivity index (χ0) is 14.0. The SMILES string of the molecule is Nc1ccc(NC(=O)c2ccc(F)cc2Br)cc1Br. The number of rotatable bonds is 2. The number of carbonyl (C=O) groups excluding carboxylic acids is 1. The average Bonchev–Trinajstić information content (AvgIpc) is 2.33. The van der Waals surface area contributed by atoms with Gasteiger partial charge in [-0.15, -0.1) is 0 Å². The molecule has 0 aliphatic carbocycles. The molecule has 0 fully saturated rings. The number of benzene rings is 2. The third kappa shape index (κ3) is 3.33. The lowest BCUT2D eigenvalue weighted by atomic mass is 10.2. The van der Waals surface area contributed by atoms with Crippen molar-refractivity contribution in [2.24, 2.45) is 0 Å². The molecule has 0 heterocycles. The number of amides is 1. The minimum atomic E-state index is -0.404. The molecule has 6 heteroatoms. The van der Waals surface area contributed by atoms with Gasteiger partial charge in [0.25, 0.3) is 5.91 Å². The van der Waals surface area contributed by atoms with Crippen LogP contribution in [0, 0.1) is 5.82 Å². The summed E-state index contributed by atoms with van der Waals surface area (Å²) in [6.07, 6.45) is 0. The lowest BCUT2D eigenvalue weighted by Gasteiger charge is -2.08. The van der Waals surface area contributed by atoms with Crippen molar-refractivity contribution in [1.29, 1.82) is 0 Å². The van der Waals surface area contributed by atoms with E-state index in [1.807, 2.05) is 0 Å². The summed E-state index contributed by atoms with van der Waals surface area (Å²) in [7, 11) is 0. The van der Waals surface area contributed by atoms with Crippen LogP contribution in [0.5, 0.6) is 0 Å². The molecule has 0 aliphatic heterocycles. The smallest absolute Gasteiger partial charge is 0.256 e. The number of anilines is 2. The van der Waals surface area contributed by atoms with Gasteiger partial charge in [0, 0.05) is 20.3 Å². The van der Waals surface area contributed by atoms with E-state index in [-0.39, 0.29) is 5.91 Å². The molecule has 0 aliphatic rings. The van der Waals surface area contributed by atoms with Gasteiger partial charge in [-0.05, 0) is 68.3 Å². The maximum absolute atomic E-state index is 13.0. The highest BCUT2D eigenvalue weighted by molar-refractivity contribution is 9.11. The van der Waals surface area contributed by atoms with Crippen molar-refractivity contribution in [2.45, 2.75) is 0 Å². The van der Waals surface area contributed by atoms with Gasteiger partial charge in [-0.1, -0.05) is 0 Å². The van der Waals surface area contributed by atoms with E-state index in [4.69, 9.17) is 5.73 Å². The molecular weight excluding hydrogens is 379 g/mol. The molecule has 0 saturated heterocycles. The van der Waals surface area contributed by atoms with Crippen LogP contribution in [0.15, 0.2) is 45.3 Å². The van der Waals surface area contributed by atoms with Crippen molar-refractivity contribution >= 4 is 49.1 Å². The normalized spacial score (nSPS) is 10.3. The number of carbonyl (C=O) groups is 1. The first-order valence-electron chi connectivity index (χ1n) is 5.29. The van der Waals surface area contributed by atoms with Gasteiger partial charge in [0.1, 0.15) is 5.82 Å². The largest absolute Gasteiger partial charge is 0.398 e. The summed E-state index contributed by atoms with van der Waals surface area (Å²) in [6, 6.07) is 8.97. The van der Waals surface area contributed by atoms with Crippen LogP contribution in [0.4, 0.5) is 15.8 Å². The van der Waals surface area contributed by atoms with Gasteiger partial charge in [-0.2, -0.15) is 0 Å². The van der Waals surface area contributed by atoms with Crippen LogP contribution in [-0.4, -0.2) is 5.91 Å². The van der Waals surface area contributed by atoms with Crippen LogP contribution in [-0.2, 0) is 0 Å². The first-order valence-corrected chi connectivity index (χ1v) is 6.87. The second-order valence-corrected chi connectivity index (χ2v) is 5.52. The molecule has 0 bridgehead atoms. The van der Waals surface area contributed by atoms with Gasteiger partial charge in [-0.25, -0.2) is 4.39 Å². The summed E-state index contributed by atoms with van der Waals surface area (Å²) in [4.78, 5) is 12.0. The number of hydrogen-bond acceptors (Lipinski definition) is 2. The molecule has 0 aromatic heterocycles. The van der Waals surface area contributed by atoms with Gasteiger partial charge in [-0.3, -0.25) is 4.79 Å². The van der Waals surface area contributed by atoms with Crippen LogP contribution in [0.1, 0.15) is 10.4 Å². The van der Waals surface area contributed by atoms with Crippen molar-refractivity contribution in [1.82, 2.24) is 0 Å². The second-order valence-electron chi connectivity index (χ2n) is 3.81. The maximum Gasteiger partial charge on any atom is 0.256 e. The Morgan fingerprint density at radius 1 is 1.11 bits per heavy atom. The number of nitrogens with two attached hydrogens (primary N) is 1. The predicted molar refractivity (Wildman–Crippen MR) is 80.6 cm³/mol. The molecule has 0 saturated carbocycles. The Hall–Kier alpha value is -1.40. The van der Waals surface area contributed by atoms with E-state index in [1.165, 1.54) is 18.2 Å². The van der Waals surface area contributed by atoms with Crippen molar-refractivity contribution in [3.8, 4) is 0 Å². The fourth-order valence-electron chi connectivity index (χ4n) is 1.48. The molecule has 0 spiro atoms. The Morgan fingerprint density at radius 2 is 1.84 bits per heavy atom. The third-order valence-corrected chi connectivity index (χ3v) is 3.78. The molecular formula is C13H9Br2FN2O. The first-order chi connectivity index (χ1) is 8.97. The quantitative estimate of drug-likeness (QED) is 0.759. The Balaban J connectivity index is 2.23. The van der Waals surface area contributed by atoms with Crippen molar-refractivity contribution in [3.05, 3.63) is 56.7 Å². The van der Waals surface area contributed by atoms with Crippen LogP contribution in [0.2, 0.25) is 0 Å². The zero-order valence-corrected chi connectivity index (χ0v) is 12.8. The summed E-state index contributed by atoms with van der Waals surface area (Å²) in [5, 5.41) is 2.71. The Kier molecular flexibility index (Phi) is 4.21. The maximum atomic E-state index is 13.0. The van der Waals surface area contributed by atoms with E-state index < -0.39 is 5.82 Å². The Bertz CT molecular complexity index is 647. The number of nitrogens with one attached hydrogen (secondary N) is 1. The van der Waals surface area contributed by atoms with Gasteiger partial charge in [0.15, 0.2) is 0 Å². The van der Waals surface area contributed by atoms with E-state index in [0.717, 1.165) is 0 Å². The number of nitrogen functional groups attached to an aromatic ring is 1. The Morgan fingerprint density at radius 3 is 2.47 bits per heavy atom. The van der Waals surface area contributed by atoms with E-state index >= 15 is 0 Å². The molecule has 0 radical (unpaired) electrons. The fourth-order valence-corrected chi connectivity index (χ4v) is 2.39.